The fraction of sp³-hybridized carbons (Fsp3) is 0.296. The molecule has 1 amide bonds. The molecule has 0 unspecified atom stereocenters. The monoisotopic (exact) mass is 557 g/mol. The van der Waals surface area contributed by atoms with Gasteiger partial charge in [0, 0.05) is 13.1 Å². The molecule has 1 N–H and O–H groups in total. The highest BCUT2D eigenvalue weighted by Crippen LogP contribution is 2.31. The SMILES string of the molecule is COc1ccc(S(=O)(=O)N2CCCC2)cc1NC(=O)CN(c1cccc(C)c1)S(=O)(=O)c1ccc(C)cc1. The number of methoxy groups -OCH3 is 1. The van der Waals surface area contributed by atoms with Gasteiger partial charge in [0.1, 0.15) is 12.3 Å². The zero-order valence-electron chi connectivity index (χ0n) is 21.5. The number of nitrogens with zero attached hydrogens (tertiary/aromatic N) is 2. The molecule has 0 aromatic heterocycles. The van der Waals surface area contributed by atoms with Crippen molar-refractivity contribution in [2.24, 2.45) is 0 Å². The number of hydrogen-bond donors (Lipinski definition) is 1. The molecule has 0 atom stereocenters. The first-order valence-corrected chi connectivity index (χ1v) is 15.0. The molecule has 3 aromatic carbocycles. The van der Waals surface area contributed by atoms with Crippen molar-refractivity contribution < 1.29 is 26.4 Å². The highest BCUT2D eigenvalue weighted by atomic mass is 32.2. The Morgan fingerprint density at radius 1 is 0.895 bits per heavy atom. The van der Waals surface area contributed by atoms with Crippen LogP contribution in [0.2, 0.25) is 0 Å². The van der Waals surface area contributed by atoms with Crippen LogP contribution in [0.1, 0.15) is 24.0 Å². The van der Waals surface area contributed by atoms with Crippen LogP contribution in [0.4, 0.5) is 11.4 Å². The molecule has 9 nitrogen and oxygen atoms in total. The van der Waals surface area contributed by atoms with Gasteiger partial charge < -0.3 is 10.1 Å². The van der Waals surface area contributed by atoms with E-state index in [-0.39, 0.29) is 21.2 Å². The third kappa shape index (κ3) is 5.85. The summed E-state index contributed by atoms with van der Waals surface area (Å²) in [7, 11) is -6.43. The quantitative estimate of drug-likeness (QED) is 0.427. The van der Waals surface area contributed by atoms with Gasteiger partial charge in [0.15, 0.2) is 0 Å². The van der Waals surface area contributed by atoms with E-state index in [0.717, 1.165) is 28.3 Å². The van der Waals surface area contributed by atoms with Crippen LogP contribution in [0.15, 0.2) is 76.5 Å². The maximum absolute atomic E-state index is 13.6. The van der Waals surface area contributed by atoms with Gasteiger partial charge in [-0.25, -0.2) is 16.8 Å². The first-order valence-electron chi connectivity index (χ1n) is 12.2. The summed E-state index contributed by atoms with van der Waals surface area (Å²) in [6.45, 7) is 4.04. The molecule has 1 aliphatic rings. The van der Waals surface area contributed by atoms with Crippen molar-refractivity contribution in [3.05, 3.63) is 77.9 Å². The normalized spacial score (nSPS) is 14.3. The number of anilines is 2. The summed E-state index contributed by atoms with van der Waals surface area (Å²) in [4.78, 5) is 13.3. The van der Waals surface area contributed by atoms with Gasteiger partial charge in [0.25, 0.3) is 10.0 Å². The largest absolute Gasteiger partial charge is 0.495 e. The smallest absolute Gasteiger partial charge is 0.264 e. The molecule has 0 saturated carbocycles. The molecule has 202 valence electrons. The van der Waals surface area contributed by atoms with E-state index in [9.17, 15) is 21.6 Å². The second-order valence-corrected chi connectivity index (χ2v) is 13.0. The zero-order chi connectivity index (χ0) is 27.5. The van der Waals surface area contributed by atoms with Crippen molar-refractivity contribution in [2.45, 2.75) is 36.5 Å². The van der Waals surface area contributed by atoms with Crippen LogP contribution in [0.3, 0.4) is 0 Å². The molecular formula is C27H31N3O6S2. The predicted octanol–water partition coefficient (Wildman–Crippen LogP) is 3.93. The molecule has 3 aromatic rings. The Morgan fingerprint density at radius 3 is 2.18 bits per heavy atom. The number of benzene rings is 3. The van der Waals surface area contributed by atoms with Gasteiger partial charge in [-0.1, -0.05) is 29.8 Å². The fourth-order valence-corrected chi connectivity index (χ4v) is 7.24. The molecule has 4 rings (SSSR count). The van der Waals surface area contributed by atoms with Crippen molar-refractivity contribution in [1.82, 2.24) is 4.31 Å². The van der Waals surface area contributed by atoms with E-state index in [1.807, 2.05) is 19.9 Å². The second-order valence-electron chi connectivity index (χ2n) is 9.19. The summed E-state index contributed by atoms with van der Waals surface area (Å²) < 4.78 is 61.2. The van der Waals surface area contributed by atoms with Gasteiger partial charge in [0.2, 0.25) is 15.9 Å². The highest BCUT2D eigenvalue weighted by Gasteiger charge is 2.30. The lowest BCUT2D eigenvalue weighted by molar-refractivity contribution is -0.114. The summed E-state index contributed by atoms with van der Waals surface area (Å²) in [6.07, 6.45) is 1.59. The molecule has 11 heteroatoms. The minimum absolute atomic E-state index is 0.0262. The summed E-state index contributed by atoms with van der Waals surface area (Å²) >= 11 is 0. The summed E-state index contributed by atoms with van der Waals surface area (Å²) in [5.74, 6) is -0.404. The first kappa shape index (κ1) is 27.6. The number of ether oxygens (including phenoxy) is 1. The Bertz CT molecular complexity index is 1530. The fourth-order valence-electron chi connectivity index (χ4n) is 4.28. The average Bonchev–Trinajstić information content (AvgIpc) is 3.43. The highest BCUT2D eigenvalue weighted by molar-refractivity contribution is 7.92. The standard InChI is InChI=1S/C27H31N3O6S2/c1-20-9-11-23(12-10-20)38(34,35)30(22-8-6-7-21(2)17-22)19-27(31)28-25-18-24(13-14-26(25)36-3)37(32,33)29-15-4-5-16-29/h6-14,17-18H,4-5,15-16,19H2,1-3H3,(H,28,31). The number of rotatable bonds is 9. The molecular weight excluding hydrogens is 526 g/mol. The Morgan fingerprint density at radius 2 is 1.55 bits per heavy atom. The molecule has 38 heavy (non-hydrogen) atoms. The van der Waals surface area contributed by atoms with Crippen molar-refractivity contribution in [3.63, 3.8) is 0 Å². The van der Waals surface area contributed by atoms with Crippen molar-refractivity contribution in [1.29, 1.82) is 0 Å². The Balaban J connectivity index is 1.66. The van der Waals surface area contributed by atoms with Gasteiger partial charge in [0.05, 0.1) is 28.3 Å². The van der Waals surface area contributed by atoms with Crippen LogP contribution in [0.25, 0.3) is 0 Å². The number of sulfonamides is 2. The van der Waals surface area contributed by atoms with Crippen LogP contribution in [-0.4, -0.2) is 53.8 Å². The minimum atomic E-state index is -4.09. The van der Waals surface area contributed by atoms with Gasteiger partial charge in [-0.15, -0.1) is 0 Å². The van der Waals surface area contributed by atoms with Crippen molar-refractivity contribution >= 4 is 37.3 Å². The molecule has 0 bridgehead atoms. The van der Waals surface area contributed by atoms with Crippen molar-refractivity contribution in [2.75, 3.05) is 36.4 Å². The lowest BCUT2D eigenvalue weighted by Crippen LogP contribution is -2.38. The first-order chi connectivity index (χ1) is 18.0. The van der Waals surface area contributed by atoms with E-state index in [1.165, 1.54) is 41.7 Å². The number of hydrogen-bond acceptors (Lipinski definition) is 6. The van der Waals surface area contributed by atoms with Crippen LogP contribution in [0.5, 0.6) is 5.75 Å². The molecule has 1 aliphatic heterocycles. The zero-order valence-corrected chi connectivity index (χ0v) is 23.2. The maximum Gasteiger partial charge on any atom is 0.264 e. The van der Waals surface area contributed by atoms with Gasteiger partial charge in [-0.3, -0.25) is 9.10 Å². The van der Waals surface area contributed by atoms with Crippen LogP contribution >= 0.6 is 0 Å². The Hall–Kier alpha value is -3.41. The topological polar surface area (TPSA) is 113 Å². The molecule has 1 heterocycles. The molecule has 0 radical (unpaired) electrons. The van der Waals surface area contributed by atoms with Gasteiger partial charge in [-0.05, 0) is 74.7 Å². The number of carbonyl (C=O) groups is 1. The van der Waals surface area contributed by atoms with Gasteiger partial charge >= 0.3 is 0 Å². The molecule has 1 fully saturated rings. The molecule has 0 spiro atoms. The third-order valence-electron chi connectivity index (χ3n) is 6.33. The van der Waals surface area contributed by atoms with E-state index >= 15 is 0 Å². The van der Waals surface area contributed by atoms with Crippen LogP contribution in [-0.2, 0) is 24.8 Å². The lowest BCUT2D eigenvalue weighted by atomic mass is 10.2. The Labute approximate surface area is 224 Å². The summed E-state index contributed by atoms with van der Waals surface area (Å²) in [6, 6.07) is 17.5. The number of aryl methyl sites for hydroxylation is 2. The number of nitrogens with one attached hydrogen (secondary N) is 1. The average molecular weight is 558 g/mol. The number of carbonyl (C=O) groups excluding carboxylic acids is 1. The third-order valence-corrected chi connectivity index (χ3v) is 10.0. The van der Waals surface area contributed by atoms with E-state index in [4.69, 9.17) is 4.74 Å². The van der Waals surface area contributed by atoms with E-state index in [2.05, 4.69) is 5.32 Å². The maximum atomic E-state index is 13.6. The van der Waals surface area contributed by atoms with Crippen LogP contribution < -0.4 is 14.4 Å². The Kier molecular flexibility index (Phi) is 8.10. The van der Waals surface area contributed by atoms with Gasteiger partial charge in [-0.2, -0.15) is 4.31 Å². The van der Waals surface area contributed by atoms with Crippen LogP contribution in [0, 0.1) is 13.8 Å². The minimum Gasteiger partial charge on any atom is -0.495 e. The lowest BCUT2D eigenvalue weighted by Gasteiger charge is -2.25. The number of amides is 1. The summed E-state index contributed by atoms with van der Waals surface area (Å²) in [5, 5.41) is 2.66. The van der Waals surface area contributed by atoms with E-state index in [0.29, 0.717) is 18.8 Å². The molecule has 0 aliphatic carbocycles. The van der Waals surface area contributed by atoms with Crippen molar-refractivity contribution in [3.8, 4) is 5.75 Å². The summed E-state index contributed by atoms with van der Waals surface area (Å²) in [5.41, 5.74) is 2.20. The second kappa shape index (κ2) is 11.1. The predicted molar refractivity (Wildman–Crippen MR) is 147 cm³/mol. The molecule has 1 saturated heterocycles. The van der Waals surface area contributed by atoms with E-state index in [1.54, 1.807) is 30.3 Å². The van der Waals surface area contributed by atoms with E-state index < -0.39 is 32.5 Å².